The van der Waals surface area contributed by atoms with Crippen LogP contribution in [0.15, 0.2) is 30.3 Å². The fourth-order valence-electron chi connectivity index (χ4n) is 3.12. The molecule has 1 aliphatic carbocycles. The average Bonchev–Trinajstić information content (AvgIpc) is 2.31. The van der Waals surface area contributed by atoms with Crippen molar-refractivity contribution in [2.75, 3.05) is 13.6 Å². The molecule has 2 rings (SSSR count). The maximum Gasteiger partial charge on any atom is 0.000799 e. The maximum absolute atomic E-state index is 3.40. The van der Waals surface area contributed by atoms with E-state index in [0.717, 1.165) is 0 Å². The molecule has 0 aromatic heterocycles. The Morgan fingerprint density at radius 2 is 1.75 bits per heavy atom. The van der Waals surface area contributed by atoms with Gasteiger partial charge < -0.3 is 5.32 Å². The molecule has 1 heteroatoms. The van der Waals surface area contributed by atoms with Crippen LogP contribution in [-0.4, -0.2) is 13.6 Å². The Kier molecular flexibility index (Phi) is 4.00. The summed E-state index contributed by atoms with van der Waals surface area (Å²) in [5.74, 6) is 0. The molecule has 0 unspecified atom stereocenters. The zero-order chi connectivity index (χ0) is 11.3. The monoisotopic (exact) mass is 217 g/mol. The van der Waals surface area contributed by atoms with Crippen molar-refractivity contribution in [1.82, 2.24) is 5.32 Å². The molecule has 0 heterocycles. The van der Waals surface area contributed by atoms with Crippen molar-refractivity contribution in [2.24, 2.45) is 5.41 Å². The molecule has 1 N–H and O–H groups in total. The molecule has 88 valence electrons. The van der Waals surface area contributed by atoms with Crippen LogP contribution < -0.4 is 5.32 Å². The number of nitrogens with one attached hydrogen (secondary N) is 1. The average molecular weight is 217 g/mol. The van der Waals surface area contributed by atoms with E-state index in [2.05, 4.69) is 42.7 Å². The van der Waals surface area contributed by atoms with Gasteiger partial charge in [0.25, 0.3) is 0 Å². The first kappa shape index (κ1) is 11.7. The summed E-state index contributed by atoms with van der Waals surface area (Å²) in [6.45, 7) is 1.17. The summed E-state index contributed by atoms with van der Waals surface area (Å²) in [6.07, 6.45) is 8.28. The highest BCUT2D eigenvalue weighted by Gasteiger charge is 2.31. The van der Waals surface area contributed by atoms with Crippen molar-refractivity contribution >= 4 is 0 Å². The number of benzene rings is 1. The van der Waals surface area contributed by atoms with Crippen molar-refractivity contribution in [3.05, 3.63) is 35.9 Å². The molecule has 0 atom stereocenters. The third-order valence-corrected chi connectivity index (χ3v) is 3.89. The summed E-state index contributed by atoms with van der Waals surface area (Å²) in [5, 5.41) is 3.40. The van der Waals surface area contributed by atoms with Gasteiger partial charge in [-0.25, -0.2) is 0 Å². The summed E-state index contributed by atoms with van der Waals surface area (Å²) >= 11 is 0. The molecule has 1 aromatic rings. The lowest BCUT2D eigenvalue weighted by molar-refractivity contribution is 0.185. The molecule has 0 amide bonds. The highest BCUT2D eigenvalue weighted by molar-refractivity contribution is 5.17. The summed E-state index contributed by atoms with van der Waals surface area (Å²) in [4.78, 5) is 0. The Labute approximate surface area is 99.3 Å². The van der Waals surface area contributed by atoms with Gasteiger partial charge >= 0.3 is 0 Å². The van der Waals surface area contributed by atoms with E-state index < -0.39 is 0 Å². The quantitative estimate of drug-likeness (QED) is 0.815. The van der Waals surface area contributed by atoms with E-state index >= 15 is 0 Å². The van der Waals surface area contributed by atoms with Crippen molar-refractivity contribution < 1.29 is 0 Å². The minimum absolute atomic E-state index is 0.522. The molecule has 1 aliphatic rings. The predicted molar refractivity (Wildman–Crippen MR) is 69.6 cm³/mol. The minimum atomic E-state index is 0.522. The van der Waals surface area contributed by atoms with Crippen molar-refractivity contribution in [1.29, 1.82) is 0 Å². The molecule has 0 bridgehead atoms. The van der Waals surface area contributed by atoms with Gasteiger partial charge in [-0.15, -0.1) is 0 Å². The van der Waals surface area contributed by atoms with Gasteiger partial charge in [-0.3, -0.25) is 0 Å². The molecule has 1 nitrogen and oxygen atoms in total. The van der Waals surface area contributed by atoms with Crippen LogP contribution in [0.2, 0.25) is 0 Å². The fraction of sp³-hybridized carbons (Fsp3) is 0.600. The zero-order valence-corrected chi connectivity index (χ0v) is 10.3. The van der Waals surface area contributed by atoms with Crippen molar-refractivity contribution in [3.8, 4) is 0 Å². The lowest BCUT2D eigenvalue weighted by Crippen LogP contribution is -2.36. The fourth-order valence-corrected chi connectivity index (χ4v) is 3.12. The van der Waals surface area contributed by atoms with Gasteiger partial charge in [-0.2, -0.15) is 0 Å². The third-order valence-electron chi connectivity index (χ3n) is 3.89. The first-order chi connectivity index (χ1) is 7.85. The Morgan fingerprint density at radius 3 is 2.38 bits per heavy atom. The van der Waals surface area contributed by atoms with Crippen LogP contribution in [0.1, 0.15) is 37.7 Å². The van der Waals surface area contributed by atoms with Crippen LogP contribution in [0.4, 0.5) is 0 Å². The second kappa shape index (κ2) is 5.49. The van der Waals surface area contributed by atoms with Gasteiger partial charge in [0, 0.05) is 6.54 Å². The van der Waals surface area contributed by atoms with Crippen molar-refractivity contribution in [2.45, 2.75) is 38.5 Å². The van der Waals surface area contributed by atoms with Crippen LogP contribution in [0.3, 0.4) is 0 Å². The topological polar surface area (TPSA) is 12.0 Å². The molecule has 0 saturated heterocycles. The Balaban J connectivity index is 2.07. The van der Waals surface area contributed by atoms with Gasteiger partial charge in [0.2, 0.25) is 0 Å². The lowest BCUT2D eigenvalue weighted by Gasteiger charge is -2.37. The highest BCUT2D eigenvalue weighted by atomic mass is 14.8. The molecule has 1 saturated carbocycles. The molecule has 0 spiro atoms. The molecular formula is C15H23N. The Bertz CT molecular complexity index is 293. The van der Waals surface area contributed by atoms with E-state index in [-0.39, 0.29) is 0 Å². The number of hydrogen-bond donors (Lipinski definition) is 1. The zero-order valence-electron chi connectivity index (χ0n) is 10.3. The number of hydrogen-bond acceptors (Lipinski definition) is 1. The van der Waals surface area contributed by atoms with E-state index in [1.54, 1.807) is 0 Å². The normalized spacial score (nSPS) is 19.6. The van der Waals surface area contributed by atoms with E-state index in [4.69, 9.17) is 0 Å². The molecule has 16 heavy (non-hydrogen) atoms. The largest absolute Gasteiger partial charge is 0.319 e. The van der Waals surface area contributed by atoms with Crippen molar-refractivity contribution in [3.63, 3.8) is 0 Å². The second-order valence-corrected chi connectivity index (χ2v) is 5.25. The first-order valence-corrected chi connectivity index (χ1v) is 6.53. The van der Waals surface area contributed by atoms with E-state index in [9.17, 15) is 0 Å². The number of rotatable bonds is 4. The van der Waals surface area contributed by atoms with Crippen LogP contribution in [0.25, 0.3) is 0 Å². The first-order valence-electron chi connectivity index (χ1n) is 6.53. The molecule has 1 fully saturated rings. The Hall–Kier alpha value is -0.820. The van der Waals surface area contributed by atoms with Gasteiger partial charge in [0.05, 0.1) is 0 Å². The molecular weight excluding hydrogens is 194 g/mol. The highest BCUT2D eigenvalue weighted by Crippen LogP contribution is 2.38. The summed E-state index contributed by atoms with van der Waals surface area (Å²) < 4.78 is 0. The van der Waals surface area contributed by atoms with E-state index in [1.165, 1.54) is 50.6 Å². The second-order valence-electron chi connectivity index (χ2n) is 5.25. The molecule has 0 aliphatic heterocycles. The van der Waals surface area contributed by atoms with Gasteiger partial charge in [-0.05, 0) is 37.3 Å². The maximum atomic E-state index is 3.40. The van der Waals surface area contributed by atoms with Crippen LogP contribution in [0, 0.1) is 5.41 Å². The summed E-state index contributed by atoms with van der Waals surface area (Å²) in [6, 6.07) is 11.0. The standard InChI is InChI=1S/C15H23N/c1-16-13-15(10-6-3-7-11-15)12-14-8-4-2-5-9-14/h2,4-5,8-9,16H,3,6-7,10-13H2,1H3. The van der Waals surface area contributed by atoms with Gasteiger partial charge in [0.1, 0.15) is 0 Å². The van der Waals surface area contributed by atoms with Crippen LogP contribution >= 0.6 is 0 Å². The smallest absolute Gasteiger partial charge is 0.000799 e. The van der Waals surface area contributed by atoms with E-state index in [0.29, 0.717) is 5.41 Å². The molecule has 1 aromatic carbocycles. The van der Waals surface area contributed by atoms with Gasteiger partial charge in [0.15, 0.2) is 0 Å². The minimum Gasteiger partial charge on any atom is -0.319 e. The lowest BCUT2D eigenvalue weighted by atomic mass is 9.70. The van der Waals surface area contributed by atoms with Gasteiger partial charge in [-0.1, -0.05) is 49.6 Å². The third kappa shape index (κ3) is 2.85. The van der Waals surface area contributed by atoms with E-state index in [1.807, 2.05) is 0 Å². The summed E-state index contributed by atoms with van der Waals surface area (Å²) in [5.41, 5.74) is 2.02. The molecule has 0 radical (unpaired) electrons. The van der Waals surface area contributed by atoms with Crippen LogP contribution in [-0.2, 0) is 6.42 Å². The van der Waals surface area contributed by atoms with Crippen LogP contribution in [0.5, 0.6) is 0 Å². The SMILES string of the molecule is CNCC1(Cc2ccccc2)CCCCC1. The summed E-state index contributed by atoms with van der Waals surface area (Å²) in [7, 11) is 2.08. The predicted octanol–water partition coefficient (Wildman–Crippen LogP) is 3.40. The Morgan fingerprint density at radius 1 is 1.06 bits per heavy atom.